The Labute approximate surface area is 94.2 Å². The molecule has 4 heteroatoms. The second-order valence-corrected chi connectivity index (χ2v) is 4.13. The van der Waals surface area contributed by atoms with Gasteiger partial charge in [-0.2, -0.15) is 0 Å². The minimum Gasteiger partial charge on any atom is -0.504 e. The van der Waals surface area contributed by atoms with Gasteiger partial charge in [0.05, 0.1) is 7.11 Å². The fourth-order valence-corrected chi connectivity index (χ4v) is 2.17. The molecular weight excluding hydrogens is 209 g/mol. The summed E-state index contributed by atoms with van der Waals surface area (Å²) in [6.45, 7) is 2.65. The van der Waals surface area contributed by atoms with E-state index in [9.17, 15) is 9.50 Å². The van der Waals surface area contributed by atoms with E-state index < -0.39 is 5.82 Å². The predicted molar refractivity (Wildman–Crippen MR) is 59.3 cm³/mol. The van der Waals surface area contributed by atoms with Crippen LogP contribution >= 0.6 is 0 Å². The largest absolute Gasteiger partial charge is 0.504 e. The van der Waals surface area contributed by atoms with Crippen molar-refractivity contribution in [3.05, 3.63) is 23.0 Å². The lowest BCUT2D eigenvalue weighted by atomic mass is 10.0. The summed E-state index contributed by atoms with van der Waals surface area (Å²) in [6, 6.07) is 1.73. The normalized spacial score (nSPS) is 20.1. The number of halogens is 1. The first kappa shape index (κ1) is 11.2. The lowest BCUT2D eigenvalue weighted by Gasteiger charge is -2.16. The molecule has 0 radical (unpaired) electrons. The Morgan fingerprint density at radius 1 is 1.56 bits per heavy atom. The Balaban J connectivity index is 2.49. The number of benzene rings is 1. The van der Waals surface area contributed by atoms with Crippen LogP contribution in [-0.4, -0.2) is 18.8 Å². The number of nitrogens with one attached hydrogen (secondary N) is 1. The van der Waals surface area contributed by atoms with Crippen molar-refractivity contribution in [3.8, 4) is 11.5 Å². The Bertz CT molecular complexity index is 400. The number of phenols is 1. The van der Waals surface area contributed by atoms with Crippen LogP contribution in [0.1, 0.15) is 30.0 Å². The van der Waals surface area contributed by atoms with Crippen molar-refractivity contribution in [3.63, 3.8) is 0 Å². The number of hydrogen-bond acceptors (Lipinski definition) is 3. The van der Waals surface area contributed by atoms with Crippen molar-refractivity contribution >= 4 is 0 Å². The molecule has 1 fully saturated rings. The smallest absolute Gasteiger partial charge is 0.197 e. The van der Waals surface area contributed by atoms with Crippen LogP contribution in [-0.2, 0) is 0 Å². The highest BCUT2D eigenvalue weighted by Gasteiger charge is 2.24. The van der Waals surface area contributed by atoms with Gasteiger partial charge in [0.25, 0.3) is 0 Å². The lowest BCUT2D eigenvalue weighted by Crippen LogP contribution is -2.15. The van der Waals surface area contributed by atoms with E-state index in [-0.39, 0.29) is 17.5 Å². The highest BCUT2D eigenvalue weighted by Crippen LogP contribution is 2.38. The summed E-state index contributed by atoms with van der Waals surface area (Å²) in [5, 5.41) is 12.9. The minimum absolute atomic E-state index is 0.0354. The Hall–Kier alpha value is -1.29. The van der Waals surface area contributed by atoms with Gasteiger partial charge < -0.3 is 15.2 Å². The zero-order valence-electron chi connectivity index (χ0n) is 9.51. The summed E-state index contributed by atoms with van der Waals surface area (Å²) >= 11 is 0. The highest BCUT2D eigenvalue weighted by molar-refractivity contribution is 5.50. The highest BCUT2D eigenvalue weighted by atomic mass is 19.1. The number of rotatable bonds is 2. The zero-order chi connectivity index (χ0) is 11.7. The number of aromatic hydroxyl groups is 1. The maximum Gasteiger partial charge on any atom is 0.197 e. The second kappa shape index (κ2) is 4.29. The van der Waals surface area contributed by atoms with E-state index >= 15 is 0 Å². The first-order chi connectivity index (χ1) is 7.65. The van der Waals surface area contributed by atoms with Crippen LogP contribution in [0.3, 0.4) is 0 Å². The van der Waals surface area contributed by atoms with Gasteiger partial charge in [0, 0.05) is 11.6 Å². The Morgan fingerprint density at radius 2 is 2.31 bits per heavy atom. The molecule has 1 aliphatic rings. The van der Waals surface area contributed by atoms with Gasteiger partial charge in [0.15, 0.2) is 17.3 Å². The number of ether oxygens (including phenoxy) is 1. The molecule has 88 valence electrons. The predicted octanol–water partition coefficient (Wildman–Crippen LogP) is 2.27. The van der Waals surface area contributed by atoms with Gasteiger partial charge in [0.2, 0.25) is 0 Å². The van der Waals surface area contributed by atoms with Crippen molar-refractivity contribution in [1.29, 1.82) is 0 Å². The van der Waals surface area contributed by atoms with Gasteiger partial charge in [-0.15, -0.1) is 0 Å². The van der Waals surface area contributed by atoms with Crippen LogP contribution in [0.2, 0.25) is 0 Å². The Morgan fingerprint density at radius 3 is 2.88 bits per heavy atom. The van der Waals surface area contributed by atoms with Gasteiger partial charge in [-0.05, 0) is 37.9 Å². The van der Waals surface area contributed by atoms with Crippen molar-refractivity contribution in [1.82, 2.24) is 5.32 Å². The summed E-state index contributed by atoms with van der Waals surface area (Å²) in [7, 11) is 1.36. The lowest BCUT2D eigenvalue weighted by molar-refractivity contribution is 0.345. The maximum absolute atomic E-state index is 14.0. The average Bonchev–Trinajstić information content (AvgIpc) is 2.77. The summed E-state index contributed by atoms with van der Waals surface area (Å²) in [5.74, 6) is -0.615. The molecule has 0 aromatic heterocycles. The van der Waals surface area contributed by atoms with Gasteiger partial charge in [0.1, 0.15) is 0 Å². The standard InChI is InChI=1S/C12H16FNO2/c1-7-6-8(9-4-3-5-14-9)10(13)12(16-2)11(7)15/h6,9,14-15H,3-5H2,1-2H3. The zero-order valence-corrected chi connectivity index (χ0v) is 9.51. The fourth-order valence-electron chi connectivity index (χ4n) is 2.17. The molecule has 1 atom stereocenters. The Kier molecular flexibility index (Phi) is 3.01. The number of aryl methyl sites for hydroxylation is 1. The molecule has 0 amide bonds. The maximum atomic E-state index is 14.0. The van der Waals surface area contributed by atoms with E-state index in [1.54, 1.807) is 13.0 Å². The molecule has 1 saturated heterocycles. The molecule has 0 bridgehead atoms. The number of methoxy groups -OCH3 is 1. The average molecular weight is 225 g/mol. The molecular formula is C12H16FNO2. The third-order valence-corrected chi connectivity index (χ3v) is 3.05. The molecule has 1 heterocycles. The molecule has 3 nitrogen and oxygen atoms in total. The second-order valence-electron chi connectivity index (χ2n) is 4.13. The molecule has 1 aromatic carbocycles. The van der Waals surface area contributed by atoms with Crippen LogP contribution in [0.4, 0.5) is 4.39 Å². The molecule has 0 aliphatic carbocycles. The van der Waals surface area contributed by atoms with Gasteiger partial charge in [-0.3, -0.25) is 0 Å². The van der Waals surface area contributed by atoms with Crippen molar-refractivity contribution in [2.75, 3.05) is 13.7 Å². The van der Waals surface area contributed by atoms with Gasteiger partial charge in [-0.25, -0.2) is 4.39 Å². The summed E-state index contributed by atoms with van der Waals surface area (Å²) in [6.07, 6.45) is 1.97. The monoisotopic (exact) mass is 225 g/mol. The fraction of sp³-hybridized carbons (Fsp3) is 0.500. The molecule has 2 rings (SSSR count). The number of hydrogen-bond donors (Lipinski definition) is 2. The molecule has 2 N–H and O–H groups in total. The van der Waals surface area contributed by atoms with Crippen molar-refractivity contribution < 1.29 is 14.2 Å². The molecule has 16 heavy (non-hydrogen) atoms. The molecule has 1 unspecified atom stereocenters. The summed E-state index contributed by atoms with van der Waals surface area (Å²) in [5.41, 5.74) is 1.23. The molecule has 0 spiro atoms. The number of phenolic OH excluding ortho intramolecular Hbond substituents is 1. The third-order valence-electron chi connectivity index (χ3n) is 3.05. The van der Waals surface area contributed by atoms with Crippen molar-refractivity contribution in [2.24, 2.45) is 0 Å². The van der Waals surface area contributed by atoms with E-state index in [4.69, 9.17) is 4.74 Å². The quantitative estimate of drug-likeness (QED) is 0.811. The summed E-state index contributed by atoms with van der Waals surface area (Å²) < 4.78 is 18.9. The van der Waals surface area contributed by atoms with E-state index in [1.807, 2.05) is 0 Å². The van der Waals surface area contributed by atoms with E-state index in [0.717, 1.165) is 19.4 Å². The van der Waals surface area contributed by atoms with E-state index in [1.165, 1.54) is 7.11 Å². The van der Waals surface area contributed by atoms with Gasteiger partial charge >= 0.3 is 0 Å². The van der Waals surface area contributed by atoms with E-state index in [2.05, 4.69) is 5.32 Å². The molecule has 1 aliphatic heterocycles. The summed E-state index contributed by atoms with van der Waals surface area (Å²) in [4.78, 5) is 0. The van der Waals surface area contributed by atoms with Crippen LogP contribution in [0.25, 0.3) is 0 Å². The first-order valence-electron chi connectivity index (χ1n) is 5.44. The van der Waals surface area contributed by atoms with E-state index in [0.29, 0.717) is 11.1 Å². The van der Waals surface area contributed by atoms with Crippen LogP contribution in [0, 0.1) is 12.7 Å². The molecule has 1 aromatic rings. The topological polar surface area (TPSA) is 41.5 Å². The molecule has 0 saturated carbocycles. The first-order valence-corrected chi connectivity index (χ1v) is 5.44. The minimum atomic E-state index is -0.454. The third kappa shape index (κ3) is 1.73. The van der Waals surface area contributed by atoms with Crippen molar-refractivity contribution in [2.45, 2.75) is 25.8 Å². The van der Waals surface area contributed by atoms with Crippen LogP contribution in [0.15, 0.2) is 6.07 Å². The van der Waals surface area contributed by atoms with Gasteiger partial charge in [-0.1, -0.05) is 0 Å². The van der Waals surface area contributed by atoms with Crippen LogP contribution < -0.4 is 10.1 Å². The SMILES string of the molecule is COc1c(O)c(C)cc(C2CCCN2)c1F. The van der Waals surface area contributed by atoms with Crippen LogP contribution in [0.5, 0.6) is 11.5 Å².